The maximum absolute atomic E-state index is 11.5. The summed E-state index contributed by atoms with van der Waals surface area (Å²) in [5, 5.41) is 0. The zero-order valence-electron chi connectivity index (χ0n) is 11.3. The average molecular weight is 295 g/mol. The quantitative estimate of drug-likeness (QED) is 0.914. The van der Waals surface area contributed by atoms with Crippen LogP contribution < -0.4 is 10.5 Å². The highest BCUT2D eigenvalue weighted by atomic mass is 32.2. The third-order valence-electron chi connectivity index (χ3n) is 2.80. The zero-order valence-corrected chi connectivity index (χ0v) is 12.1. The van der Waals surface area contributed by atoms with Crippen LogP contribution in [0, 0.1) is 0 Å². The Kier molecular flexibility index (Phi) is 4.15. The maximum atomic E-state index is 11.5. The number of rotatable bonds is 5. The fraction of sp³-hybridized carbons (Fsp3) is 0.286. The van der Waals surface area contributed by atoms with Gasteiger partial charge in [0.2, 0.25) is 0 Å². The van der Waals surface area contributed by atoms with Gasteiger partial charge in [0.15, 0.2) is 15.9 Å². The van der Waals surface area contributed by atoms with E-state index in [1.165, 1.54) is 12.1 Å². The van der Waals surface area contributed by atoms with E-state index < -0.39 is 15.9 Å². The van der Waals surface area contributed by atoms with Crippen LogP contribution in [0.25, 0.3) is 0 Å². The van der Waals surface area contributed by atoms with E-state index in [4.69, 9.17) is 14.9 Å². The molecule has 0 saturated carbocycles. The second kappa shape index (κ2) is 5.68. The second-order valence-electron chi connectivity index (χ2n) is 4.66. The maximum Gasteiger partial charge on any atom is 0.175 e. The SMILES string of the molecule is CC(N)C(Oc1cccc(S(C)(=O)=O)c1)c1ccco1. The molecule has 0 bridgehead atoms. The van der Waals surface area contributed by atoms with E-state index in [-0.39, 0.29) is 10.9 Å². The Morgan fingerprint density at radius 3 is 2.55 bits per heavy atom. The van der Waals surface area contributed by atoms with Crippen molar-refractivity contribution < 1.29 is 17.6 Å². The summed E-state index contributed by atoms with van der Waals surface area (Å²) in [5.41, 5.74) is 5.90. The monoisotopic (exact) mass is 295 g/mol. The third kappa shape index (κ3) is 3.40. The molecule has 0 saturated heterocycles. The molecule has 1 aromatic carbocycles. The van der Waals surface area contributed by atoms with Crippen LogP contribution in [0.5, 0.6) is 5.75 Å². The molecule has 6 heteroatoms. The van der Waals surface area contributed by atoms with Crippen LogP contribution in [0.2, 0.25) is 0 Å². The van der Waals surface area contributed by atoms with E-state index in [1.54, 1.807) is 37.5 Å². The molecule has 2 unspecified atom stereocenters. The first-order chi connectivity index (χ1) is 9.38. The van der Waals surface area contributed by atoms with Gasteiger partial charge in [-0.3, -0.25) is 0 Å². The molecule has 0 fully saturated rings. The van der Waals surface area contributed by atoms with E-state index >= 15 is 0 Å². The van der Waals surface area contributed by atoms with E-state index in [1.807, 2.05) is 0 Å². The summed E-state index contributed by atoms with van der Waals surface area (Å²) >= 11 is 0. The van der Waals surface area contributed by atoms with Gasteiger partial charge in [-0.05, 0) is 37.3 Å². The Balaban J connectivity index is 2.28. The van der Waals surface area contributed by atoms with Gasteiger partial charge in [0.1, 0.15) is 11.5 Å². The van der Waals surface area contributed by atoms with Gasteiger partial charge < -0.3 is 14.9 Å². The number of hydrogen-bond acceptors (Lipinski definition) is 5. The second-order valence-corrected chi connectivity index (χ2v) is 6.68. The van der Waals surface area contributed by atoms with Crippen molar-refractivity contribution in [1.82, 2.24) is 0 Å². The summed E-state index contributed by atoms with van der Waals surface area (Å²) in [7, 11) is -3.27. The predicted molar refractivity (Wildman–Crippen MR) is 75.3 cm³/mol. The lowest BCUT2D eigenvalue weighted by atomic mass is 10.1. The Labute approximate surface area is 118 Å². The molecule has 0 radical (unpaired) electrons. The smallest absolute Gasteiger partial charge is 0.175 e. The fourth-order valence-electron chi connectivity index (χ4n) is 1.80. The van der Waals surface area contributed by atoms with Crippen LogP contribution >= 0.6 is 0 Å². The summed E-state index contributed by atoms with van der Waals surface area (Å²) in [5.74, 6) is 1.04. The van der Waals surface area contributed by atoms with Crippen molar-refractivity contribution in [2.24, 2.45) is 5.73 Å². The minimum atomic E-state index is -3.27. The molecule has 2 atom stereocenters. The Bertz CT molecular complexity index is 662. The van der Waals surface area contributed by atoms with Crippen molar-refractivity contribution >= 4 is 9.84 Å². The first-order valence-corrected chi connectivity index (χ1v) is 8.03. The van der Waals surface area contributed by atoms with E-state index in [0.29, 0.717) is 11.5 Å². The lowest BCUT2D eigenvalue weighted by Crippen LogP contribution is -2.28. The van der Waals surface area contributed by atoms with Crippen molar-refractivity contribution in [3.63, 3.8) is 0 Å². The van der Waals surface area contributed by atoms with Crippen LogP contribution in [0.15, 0.2) is 52.0 Å². The molecule has 1 heterocycles. The lowest BCUT2D eigenvalue weighted by Gasteiger charge is -2.20. The summed E-state index contributed by atoms with van der Waals surface area (Å²) in [6.45, 7) is 1.80. The molecule has 0 spiro atoms. The highest BCUT2D eigenvalue weighted by Gasteiger charge is 2.21. The topological polar surface area (TPSA) is 82.5 Å². The fourth-order valence-corrected chi connectivity index (χ4v) is 2.46. The summed E-state index contributed by atoms with van der Waals surface area (Å²) in [4.78, 5) is 0.206. The lowest BCUT2D eigenvalue weighted by molar-refractivity contribution is 0.153. The predicted octanol–water partition coefficient (Wildman–Crippen LogP) is 2.15. The first kappa shape index (κ1) is 14.6. The van der Waals surface area contributed by atoms with Crippen molar-refractivity contribution in [2.45, 2.75) is 24.0 Å². The van der Waals surface area contributed by atoms with Gasteiger partial charge in [0.05, 0.1) is 11.2 Å². The van der Waals surface area contributed by atoms with Gasteiger partial charge in [-0.15, -0.1) is 0 Å². The molecule has 5 nitrogen and oxygen atoms in total. The Morgan fingerprint density at radius 2 is 2.00 bits per heavy atom. The van der Waals surface area contributed by atoms with E-state index in [0.717, 1.165) is 6.26 Å². The molecule has 2 aromatic rings. The summed E-state index contributed by atoms with van der Waals surface area (Å²) < 4.78 is 34.1. The summed E-state index contributed by atoms with van der Waals surface area (Å²) in [6, 6.07) is 9.54. The van der Waals surface area contributed by atoms with E-state index in [9.17, 15) is 8.42 Å². The third-order valence-corrected chi connectivity index (χ3v) is 3.91. The van der Waals surface area contributed by atoms with Crippen molar-refractivity contribution in [3.05, 3.63) is 48.4 Å². The molecular weight excluding hydrogens is 278 g/mol. The highest BCUT2D eigenvalue weighted by Crippen LogP contribution is 2.26. The van der Waals surface area contributed by atoms with E-state index in [2.05, 4.69) is 0 Å². The molecule has 2 N–H and O–H groups in total. The molecule has 0 aliphatic heterocycles. The first-order valence-electron chi connectivity index (χ1n) is 6.13. The van der Waals surface area contributed by atoms with Gasteiger partial charge in [0, 0.05) is 12.3 Å². The Hall–Kier alpha value is -1.79. The Morgan fingerprint density at radius 1 is 1.25 bits per heavy atom. The molecular formula is C14H17NO4S. The minimum Gasteiger partial charge on any atom is -0.481 e. The average Bonchev–Trinajstić information content (AvgIpc) is 2.88. The van der Waals surface area contributed by atoms with Crippen LogP contribution in [0.1, 0.15) is 18.8 Å². The van der Waals surface area contributed by atoms with Gasteiger partial charge >= 0.3 is 0 Å². The van der Waals surface area contributed by atoms with Crippen molar-refractivity contribution in [1.29, 1.82) is 0 Å². The highest BCUT2D eigenvalue weighted by molar-refractivity contribution is 7.90. The normalized spacial score (nSPS) is 14.8. The number of benzene rings is 1. The molecule has 1 aromatic heterocycles. The summed E-state index contributed by atoms with van der Waals surface area (Å²) in [6.07, 6.45) is 2.22. The zero-order chi connectivity index (χ0) is 14.8. The number of sulfone groups is 1. The molecule has 0 aliphatic carbocycles. The van der Waals surface area contributed by atoms with Crippen molar-refractivity contribution in [3.8, 4) is 5.75 Å². The van der Waals surface area contributed by atoms with Gasteiger partial charge in [0.25, 0.3) is 0 Å². The van der Waals surface area contributed by atoms with Crippen molar-refractivity contribution in [2.75, 3.05) is 6.26 Å². The molecule has 0 amide bonds. The van der Waals surface area contributed by atoms with Crippen LogP contribution in [0.3, 0.4) is 0 Å². The minimum absolute atomic E-state index is 0.206. The largest absolute Gasteiger partial charge is 0.481 e. The molecule has 20 heavy (non-hydrogen) atoms. The standard InChI is InChI=1S/C14H17NO4S/c1-10(15)14(13-7-4-8-18-13)19-11-5-3-6-12(9-11)20(2,16)17/h3-10,14H,15H2,1-2H3. The number of hydrogen-bond donors (Lipinski definition) is 1. The van der Waals surface area contributed by atoms with Gasteiger partial charge in [-0.2, -0.15) is 0 Å². The van der Waals surface area contributed by atoms with Gasteiger partial charge in [-0.25, -0.2) is 8.42 Å². The molecule has 2 rings (SSSR count). The van der Waals surface area contributed by atoms with Crippen LogP contribution in [0.4, 0.5) is 0 Å². The molecule has 108 valence electrons. The van der Waals surface area contributed by atoms with Crippen LogP contribution in [-0.4, -0.2) is 20.7 Å². The number of ether oxygens (including phenoxy) is 1. The van der Waals surface area contributed by atoms with Crippen LogP contribution in [-0.2, 0) is 9.84 Å². The van der Waals surface area contributed by atoms with Gasteiger partial charge in [-0.1, -0.05) is 6.07 Å². The molecule has 0 aliphatic rings. The number of nitrogens with two attached hydrogens (primary N) is 1. The number of furan rings is 1.